The largest absolute Gasteiger partial charge is 0.508 e. The van der Waals surface area contributed by atoms with Crippen molar-refractivity contribution in [2.45, 2.75) is 49.8 Å². The van der Waals surface area contributed by atoms with Gasteiger partial charge >= 0.3 is 5.97 Å². The first kappa shape index (κ1) is 15.3. The number of carbonyl (C=O) groups is 1. The molecule has 0 spiro atoms. The van der Waals surface area contributed by atoms with Crippen molar-refractivity contribution < 1.29 is 19.7 Å². The molecule has 2 saturated heterocycles. The summed E-state index contributed by atoms with van der Waals surface area (Å²) in [4.78, 5) is 14.8. The smallest absolute Gasteiger partial charge is 0.316 e. The first-order chi connectivity index (χ1) is 10.6. The van der Waals surface area contributed by atoms with E-state index in [2.05, 4.69) is 11.9 Å². The van der Waals surface area contributed by atoms with Gasteiger partial charge in [-0.1, -0.05) is 18.2 Å². The van der Waals surface area contributed by atoms with Crippen LogP contribution in [-0.4, -0.2) is 52.9 Å². The van der Waals surface area contributed by atoms with Gasteiger partial charge in [0.2, 0.25) is 0 Å². The Labute approximate surface area is 130 Å². The fourth-order valence-corrected chi connectivity index (χ4v) is 3.79. The van der Waals surface area contributed by atoms with Crippen LogP contribution in [0.4, 0.5) is 0 Å². The Bertz CT molecular complexity index is 533. The number of fused-ring (bicyclic) bond motifs is 2. The van der Waals surface area contributed by atoms with Gasteiger partial charge in [-0.25, -0.2) is 0 Å². The number of phenolic OH excluding ortho intramolecular Hbond substituents is 1. The van der Waals surface area contributed by atoms with Gasteiger partial charge in [-0.05, 0) is 38.8 Å². The lowest BCUT2D eigenvalue weighted by molar-refractivity contribution is -0.155. The zero-order chi connectivity index (χ0) is 15.7. The van der Waals surface area contributed by atoms with E-state index in [4.69, 9.17) is 4.74 Å². The molecule has 22 heavy (non-hydrogen) atoms. The molecule has 2 aliphatic rings. The number of aliphatic hydroxyl groups excluding tert-OH is 1. The van der Waals surface area contributed by atoms with E-state index in [-0.39, 0.29) is 18.5 Å². The van der Waals surface area contributed by atoms with Crippen molar-refractivity contribution in [1.29, 1.82) is 0 Å². The van der Waals surface area contributed by atoms with Gasteiger partial charge in [0.05, 0.1) is 6.61 Å². The Hall–Kier alpha value is -1.59. The lowest BCUT2D eigenvalue weighted by Crippen LogP contribution is -2.43. The molecule has 2 bridgehead atoms. The van der Waals surface area contributed by atoms with Gasteiger partial charge in [-0.3, -0.25) is 4.79 Å². The van der Waals surface area contributed by atoms with Crippen molar-refractivity contribution in [2.24, 2.45) is 0 Å². The van der Waals surface area contributed by atoms with Crippen LogP contribution >= 0.6 is 0 Å². The average molecular weight is 305 g/mol. The minimum atomic E-state index is -0.821. The second kappa shape index (κ2) is 6.26. The first-order valence-corrected chi connectivity index (χ1v) is 7.91. The first-order valence-electron chi connectivity index (χ1n) is 7.91. The summed E-state index contributed by atoms with van der Waals surface area (Å²) < 4.78 is 5.65. The van der Waals surface area contributed by atoms with E-state index in [0.29, 0.717) is 17.6 Å². The van der Waals surface area contributed by atoms with Crippen molar-refractivity contribution in [3.8, 4) is 5.75 Å². The molecule has 2 fully saturated rings. The highest BCUT2D eigenvalue weighted by Gasteiger charge is 2.40. The molecular formula is C17H23NO4. The fraction of sp³-hybridized carbons (Fsp3) is 0.588. The Morgan fingerprint density at radius 1 is 1.32 bits per heavy atom. The third-order valence-corrected chi connectivity index (χ3v) is 5.12. The molecule has 2 aliphatic heterocycles. The maximum absolute atomic E-state index is 12.4. The molecule has 0 aromatic heterocycles. The predicted molar refractivity (Wildman–Crippen MR) is 81.6 cm³/mol. The highest BCUT2D eigenvalue weighted by Crippen LogP contribution is 2.36. The summed E-state index contributed by atoms with van der Waals surface area (Å²) in [6.45, 7) is -0.365. The highest BCUT2D eigenvalue weighted by molar-refractivity contribution is 5.79. The SMILES string of the molecule is CN1C2CCC1CC(OC(=O)C(CO)c1ccccc1O)C2. The fourth-order valence-electron chi connectivity index (χ4n) is 3.79. The third-order valence-electron chi connectivity index (χ3n) is 5.12. The van der Waals surface area contributed by atoms with Crippen molar-refractivity contribution >= 4 is 5.97 Å². The zero-order valence-corrected chi connectivity index (χ0v) is 12.8. The van der Waals surface area contributed by atoms with Crippen molar-refractivity contribution in [2.75, 3.05) is 13.7 Å². The lowest BCUT2D eigenvalue weighted by atomic mass is 9.97. The summed E-state index contributed by atoms with van der Waals surface area (Å²) in [5.41, 5.74) is 0.422. The minimum absolute atomic E-state index is 0.0157. The van der Waals surface area contributed by atoms with Gasteiger partial charge in [0.1, 0.15) is 17.8 Å². The van der Waals surface area contributed by atoms with Gasteiger partial charge in [-0.2, -0.15) is 0 Å². The van der Waals surface area contributed by atoms with Crippen LogP contribution in [0.3, 0.4) is 0 Å². The number of phenols is 1. The second-order valence-corrected chi connectivity index (χ2v) is 6.37. The van der Waals surface area contributed by atoms with Crippen LogP contribution in [0.2, 0.25) is 0 Å². The van der Waals surface area contributed by atoms with Crippen LogP contribution in [0.15, 0.2) is 24.3 Å². The topological polar surface area (TPSA) is 70.0 Å². The maximum Gasteiger partial charge on any atom is 0.316 e. The molecule has 0 saturated carbocycles. The van der Waals surface area contributed by atoms with E-state index in [0.717, 1.165) is 25.7 Å². The molecule has 1 aromatic rings. The summed E-state index contributed by atoms with van der Waals surface area (Å²) in [7, 11) is 2.14. The molecule has 5 heteroatoms. The number of hydrogen-bond donors (Lipinski definition) is 2. The number of rotatable bonds is 4. The Balaban J connectivity index is 1.67. The van der Waals surface area contributed by atoms with E-state index < -0.39 is 11.9 Å². The van der Waals surface area contributed by atoms with Crippen LogP contribution < -0.4 is 0 Å². The number of aliphatic hydroxyl groups is 1. The van der Waals surface area contributed by atoms with Gasteiger partial charge < -0.3 is 19.8 Å². The molecule has 0 amide bonds. The van der Waals surface area contributed by atoms with Crippen LogP contribution in [0.25, 0.3) is 0 Å². The van der Waals surface area contributed by atoms with Crippen molar-refractivity contribution in [3.63, 3.8) is 0 Å². The second-order valence-electron chi connectivity index (χ2n) is 6.37. The van der Waals surface area contributed by atoms with Crippen LogP contribution in [-0.2, 0) is 9.53 Å². The van der Waals surface area contributed by atoms with E-state index >= 15 is 0 Å². The van der Waals surface area contributed by atoms with E-state index in [1.54, 1.807) is 18.2 Å². The molecule has 120 valence electrons. The Kier molecular flexibility index (Phi) is 4.36. The molecule has 3 unspecified atom stereocenters. The number of ether oxygens (including phenoxy) is 1. The quantitative estimate of drug-likeness (QED) is 0.828. The van der Waals surface area contributed by atoms with Crippen LogP contribution in [0, 0.1) is 0 Å². The molecule has 2 heterocycles. The summed E-state index contributed by atoms with van der Waals surface area (Å²) in [5.74, 6) is -1.25. The lowest BCUT2D eigenvalue weighted by Gasteiger charge is -2.36. The molecule has 3 rings (SSSR count). The van der Waals surface area contributed by atoms with Gasteiger partial charge in [0.15, 0.2) is 0 Å². The number of carbonyl (C=O) groups excluding carboxylic acids is 1. The van der Waals surface area contributed by atoms with Crippen LogP contribution in [0.1, 0.15) is 37.2 Å². The molecule has 5 nitrogen and oxygen atoms in total. The highest BCUT2D eigenvalue weighted by atomic mass is 16.5. The number of nitrogens with zero attached hydrogens (tertiary/aromatic N) is 1. The molecule has 3 atom stereocenters. The molecular weight excluding hydrogens is 282 g/mol. The number of benzene rings is 1. The summed E-state index contributed by atoms with van der Waals surface area (Å²) in [5, 5.41) is 19.4. The van der Waals surface area contributed by atoms with Gasteiger partial charge in [0.25, 0.3) is 0 Å². The number of esters is 1. The van der Waals surface area contributed by atoms with Gasteiger partial charge in [0, 0.05) is 17.6 Å². The average Bonchev–Trinajstić information content (AvgIpc) is 2.72. The molecule has 0 radical (unpaired) electrons. The molecule has 1 aromatic carbocycles. The number of para-hydroxylation sites is 1. The summed E-state index contributed by atoms with van der Waals surface area (Å²) >= 11 is 0. The minimum Gasteiger partial charge on any atom is -0.508 e. The van der Waals surface area contributed by atoms with Gasteiger partial charge in [-0.15, -0.1) is 0 Å². The van der Waals surface area contributed by atoms with Crippen molar-refractivity contribution in [1.82, 2.24) is 4.90 Å². The monoisotopic (exact) mass is 305 g/mol. The van der Waals surface area contributed by atoms with E-state index in [1.165, 1.54) is 6.07 Å². The van der Waals surface area contributed by atoms with Crippen LogP contribution in [0.5, 0.6) is 5.75 Å². The summed E-state index contributed by atoms with van der Waals surface area (Å²) in [6, 6.07) is 7.58. The zero-order valence-electron chi connectivity index (χ0n) is 12.8. The van der Waals surface area contributed by atoms with Crippen molar-refractivity contribution in [3.05, 3.63) is 29.8 Å². The number of hydrogen-bond acceptors (Lipinski definition) is 5. The normalized spacial score (nSPS) is 29.3. The Morgan fingerprint density at radius 3 is 2.55 bits per heavy atom. The number of piperidine rings is 1. The molecule has 2 N–H and O–H groups in total. The van der Waals surface area contributed by atoms with E-state index in [9.17, 15) is 15.0 Å². The summed E-state index contributed by atoms with van der Waals surface area (Å²) in [6.07, 6.45) is 3.96. The third kappa shape index (κ3) is 2.83. The Morgan fingerprint density at radius 2 is 1.95 bits per heavy atom. The van der Waals surface area contributed by atoms with E-state index in [1.807, 2.05) is 0 Å². The maximum atomic E-state index is 12.4. The standard InChI is InChI=1S/C17H23NO4/c1-18-11-6-7-12(18)9-13(8-11)22-17(21)15(10-19)14-4-2-3-5-16(14)20/h2-5,11-13,15,19-20H,6-10H2,1H3. The molecule has 0 aliphatic carbocycles. The predicted octanol–water partition coefficient (Wildman–Crippen LogP) is 1.64. The number of aromatic hydroxyl groups is 1.